The van der Waals surface area contributed by atoms with Gasteiger partial charge in [-0.3, -0.25) is 9.69 Å². The molecule has 1 saturated heterocycles. The van der Waals surface area contributed by atoms with Crippen molar-refractivity contribution in [3.05, 3.63) is 99.4 Å². The number of para-hydroxylation sites is 2. The zero-order valence-electron chi connectivity index (χ0n) is 16.2. The van der Waals surface area contributed by atoms with E-state index >= 15 is 0 Å². The highest BCUT2D eigenvalue weighted by Crippen LogP contribution is 2.38. The first-order valence-corrected chi connectivity index (χ1v) is 10.9. The van der Waals surface area contributed by atoms with E-state index in [1.54, 1.807) is 4.90 Å². The van der Waals surface area contributed by atoms with Gasteiger partial charge in [0.2, 0.25) is 0 Å². The van der Waals surface area contributed by atoms with E-state index in [9.17, 15) is 4.79 Å². The Morgan fingerprint density at radius 1 is 1.03 bits per heavy atom. The maximum Gasteiger partial charge on any atom is 0.270 e. The molecule has 1 aliphatic rings. The third-order valence-electron chi connectivity index (χ3n) is 4.70. The highest BCUT2D eigenvalue weighted by molar-refractivity contribution is 8.27. The van der Waals surface area contributed by atoms with Crippen LogP contribution < -0.4 is 9.64 Å². The molecule has 0 saturated carbocycles. The van der Waals surface area contributed by atoms with Gasteiger partial charge in [0.1, 0.15) is 12.4 Å². The lowest BCUT2D eigenvalue weighted by Crippen LogP contribution is -2.28. The number of ether oxygens (including phenoxy) is 1. The van der Waals surface area contributed by atoms with Crippen LogP contribution in [-0.4, -0.2) is 10.2 Å². The van der Waals surface area contributed by atoms with Crippen molar-refractivity contribution >= 4 is 57.6 Å². The minimum absolute atomic E-state index is 0.125. The van der Waals surface area contributed by atoms with E-state index in [4.69, 9.17) is 28.6 Å². The van der Waals surface area contributed by atoms with Crippen molar-refractivity contribution in [2.24, 2.45) is 0 Å². The van der Waals surface area contributed by atoms with Gasteiger partial charge in [-0.1, -0.05) is 90.2 Å². The van der Waals surface area contributed by atoms with Gasteiger partial charge in [-0.05, 0) is 36.8 Å². The Morgan fingerprint density at radius 2 is 1.73 bits per heavy atom. The Balaban J connectivity index is 1.60. The van der Waals surface area contributed by atoms with Crippen LogP contribution in [0.15, 0.2) is 77.7 Å². The van der Waals surface area contributed by atoms with Crippen LogP contribution in [0.5, 0.6) is 5.75 Å². The molecule has 0 radical (unpaired) electrons. The summed E-state index contributed by atoms with van der Waals surface area (Å²) in [6.07, 6.45) is 1.83. The van der Waals surface area contributed by atoms with Crippen LogP contribution in [0.2, 0.25) is 5.02 Å². The van der Waals surface area contributed by atoms with Crippen LogP contribution in [0, 0.1) is 6.92 Å². The van der Waals surface area contributed by atoms with Crippen molar-refractivity contribution in [3.63, 3.8) is 0 Å². The average Bonchev–Trinajstić information content (AvgIpc) is 3.02. The predicted molar refractivity (Wildman–Crippen MR) is 129 cm³/mol. The molecular weight excluding hydrogens is 434 g/mol. The number of rotatable bonds is 5. The maximum absolute atomic E-state index is 13.1. The highest BCUT2D eigenvalue weighted by Gasteiger charge is 2.34. The fourth-order valence-corrected chi connectivity index (χ4v) is 4.60. The second-order valence-corrected chi connectivity index (χ2v) is 8.80. The van der Waals surface area contributed by atoms with Gasteiger partial charge < -0.3 is 4.74 Å². The molecule has 0 bridgehead atoms. The van der Waals surface area contributed by atoms with Crippen LogP contribution in [0.4, 0.5) is 5.69 Å². The fraction of sp³-hybridized carbons (Fsp3) is 0.0833. The number of nitrogens with zero attached hydrogens (tertiary/aromatic N) is 1. The van der Waals surface area contributed by atoms with E-state index < -0.39 is 0 Å². The van der Waals surface area contributed by atoms with Gasteiger partial charge in [0, 0.05) is 16.1 Å². The Morgan fingerprint density at radius 3 is 2.53 bits per heavy atom. The standard InChI is InChI=1S/C24H18ClNO2S2/c1-16-8-2-6-12-20(16)26-23(27)22(30-24(26)29)14-17-9-4-7-13-21(17)28-15-18-10-3-5-11-19(18)25/h2-14H,15H2,1H3. The van der Waals surface area contributed by atoms with Gasteiger partial charge >= 0.3 is 0 Å². The van der Waals surface area contributed by atoms with Crippen molar-refractivity contribution in [2.75, 3.05) is 4.90 Å². The summed E-state index contributed by atoms with van der Waals surface area (Å²) in [6.45, 7) is 2.31. The summed E-state index contributed by atoms with van der Waals surface area (Å²) >= 11 is 13.0. The fourth-order valence-electron chi connectivity index (χ4n) is 3.13. The lowest BCUT2D eigenvalue weighted by molar-refractivity contribution is -0.113. The highest BCUT2D eigenvalue weighted by atomic mass is 35.5. The van der Waals surface area contributed by atoms with Gasteiger partial charge in [-0.15, -0.1) is 0 Å². The number of aryl methyl sites for hydroxylation is 1. The number of hydrogen-bond acceptors (Lipinski definition) is 4. The summed E-state index contributed by atoms with van der Waals surface area (Å²) in [6, 6.07) is 22.9. The molecule has 4 rings (SSSR count). The average molecular weight is 452 g/mol. The number of carbonyl (C=O) groups excluding carboxylic acids is 1. The number of thiocarbonyl (C=S) groups is 1. The van der Waals surface area contributed by atoms with Crippen LogP contribution >= 0.6 is 35.6 Å². The summed E-state index contributed by atoms with van der Waals surface area (Å²) in [4.78, 5) is 15.3. The molecule has 1 heterocycles. The molecular formula is C24H18ClNO2S2. The van der Waals surface area contributed by atoms with Crippen molar-refractivity contribution in [2.45, 2.75) is 13.5 Å². The van der Waals surface area contributed by atoms with Crippen LogP contribution in [0.25, 0.3) is 6.08 Å². The molecule has 150 valence electrons. The molecule has 1 aliphatic heterocycles. The van der Waals surface area contributed by atoms with Crippen LogP contribution in [-0.2, 0) is 11.4 Å². The minimum atomic E-state index is -0.125. The molecule has 0 aromatic heterocycles. The Hall–Kier alpha value is -2.60. The summed E-state index contributed by atoms with van der Waals surface area (Å²) < 4.78 is 6.53. The van der Waals surface area contributed by atoms with Crippen molar-refractivity contribution in [1.82, 2.24) is 0 Å². The second-order valence-electron chi connectivity index (χ2n) is 6.72. The predicted octanol–water partition coefficient (Wildman–Crippen LogP) is 6.63. The normalized spacial score (nSPS) is 15.1. The Bertz CT molecular complexity index is 1160. The molecule has 3 nitrogen and oxygen atoms in total. The lowest BCUT2D eigenvalue weighted by Gasteiger charge is -2.16. The van der Waals surface area contributed by atoms with E-state index in [0.29, 0.717) is 26.6 Å². The molecule has 0 atom stereocenters. The third kappa shape index (κ3) is 4.29. The summed E-state index contributed by atoms with van der Waals surface area (Å²) in [5, 5.41) is 0.661. The lowest BCUT2D eigenvalue weighted by atomic mass is 10.1. The second kappa shape index (κ2) is 9.04. The number of amides is 1. The minimum Gasteiger partial charge on any atom is -0.488 e. The third-order valence-corrected chi connectivity index (χ3v) is 6.37. The summed E-state index contributed by atoms with van der Waals surface area (Å²) in [5.41, 5.74) is 3.53. The SMILES string of the molecule is Cc1ccccc1N1C(=O)C(=Cc2ccccc2OCc2ccccc2Cl)SC1=S. The molecule has 1 fully saturated rings. The molecule has 0 aliphatic carbocycles. The molecule has 1 amide bonds. The number of hydrogen-bond donors (Lipinski definition) is 0. The van der Waals surface area contributed by atoms with Gasteiger partial charge in [0.25, 0.3) is 5.91 Å². The summed E-state index contributed by atoms with van der Waals surface area (Å²) in [5.74, 6) is 0.554. The van der Waals surface area contributed by atoms with Gasteiger partial charge in [-0.25, -0.2) is 0 Å². The first-order valence-electron chi connectivity index (χ1n) is 9.33. The number of halogens is 1. The topological polar surface area (TPSA) is 29.5 Å². The molecule has 0 N–H and O–H groups in total. The Labute approximate surface area is 190 Å². The van der Waals surface area contributed by atoms with Gasteiger partial charge in [-0.2, -0.15) is 0 Å². The first kappa shape index (κ1) is 20.7. The van der Waals surface area contributed by atoms with Gasteiger partial charge in [0.05, 0.1) is 10.6 Å². The van der Waals surface area contributed by atoms with E-state index in [1.165, 1.54) is 11.8 Å². The van der Waals surface area contributed by atoms with E-state index in [2.05, 4.69) is 0 Å². The van der Waals surface area contributed by atoms with E-state index in [1.807, 2.05) is 85.8 Å². The van der Waals surface area contributed by atoms with Crippen LogP contribution in [0.1, 0.15) is 16.7 Å². The maximum atomic E-state index is 13.1. The zero-order chi connectivity index (χ0) is 21.1. The van der Waals surface area contributed by atoms with Crippen molar-refractivity contribution < 1.29 is 9.53 Å². The van der Waals surface area contributed by atoms with Gasteiger partial charge in [0.15, 0.2) is 4.32 Å². The summed E-state index contributed by atoms with van der Waals surface area (Å²) in [7, 11) is 0. The molecule has 6 heteroatoms. The number of carbonyl (C=O) groups is 1. The quantitative estimate of drug-likeness (QED) is 0.321. The molecule has 3 aromatic rings. The molecule has 30 heavy (non-hydrogen) atoms. The Kier molecular flexibility index (Phi) is 6.23. The smallest absolute Gasteiger partial charge is 0.270 e. The van der Waals surface area contributed by atoms with E-state index in [0.717, 1.165) is 22.4 Å². The number of benzene rings is 3. The molecule has 0 unspecified atom stereocenters. The number of thioether (sulfide) groups is 1. The van der Waals surface area contributed by atoms with E-state index in [-0.39, 0.29) is 5.91 Å². The zero-order valence-corrected chi connectivity index (χ0v) is 18.6. The largest absolute Gasteiger partial charge is 0.488 e. The molecule has 3 aromatic carbocycles. The monoisotopic (exact) mass is 451 g/mol. The molecule has 0 spiro atoms. The van der Waals surface area contributed by atoms with Crippen molar-refractivity contribution in [1.29, 1.82) is 0 Å². The van der Waals surface area contributed by atoms with Crippen molar-refractivity contribution in [3.8, 4) is 5.75 Å². The first-order chi connectivity index (χ1) is 14.5. The number of anilines is 1. The van der Waals surface area contributed by atoms with Crippen LogP contribution in [0.3, 0.4) is 0 Å².